The SMILES string of the molecule is c1ccc(N(c2cc(N(c3ccccc3)c3ccccc3)c3c(c2)oc2ccc(N(c4ccccc4)c4ccccc4)cc23)c2ccc3c(c2)sc2ccccc23)cc1. The molecule has 5 heteroatoms. The number of benzene rings is 9. The maximum absolute atomic E-state index is 6.96. The molecule has 0 atom stereocenters. The number of fused-ring (bicyclic) bond motifs is 6. The largest absolute Gasteiger partial charge is 0.456 e. The zero-order chi connectivity index (χ0) is 39.1. The van der Waals surface area contributed by atoms with Crippen LogP contribution in [-0.2, 0) is 0 Å². The number of hydrogen-bond acceptors (Lipinski definition) is 5. The molecule has 9 aromatic carbocycles. The molecular formula is C54H37N3OS. The summed E-state index contributed by atoms with van der Waals surface area (Å²) in [6.07, 6.45) is 0. The molecule has 0 N–H and O–H groups in total. The third kappa shape index (κ3) is 6.25. The standard InChI is InChI=1S/C54H37N3OS/c1-6-18-38(19-7-1)55(39-20-8-2-9-21-39)43-31-33-50-48(34-43)54-49(57(41-24-12-4-13-25-41)42-26-14-5-15-27-42)35-45(36-51(54)58-50)56(40-22-10-3-11-23-40)44-30-32-47-46-28-16-17-29-52(46)59-53(47)37-44/h1-37H. The lowest BCUT2D eigenvalue weighted by molar-refractivity contribution is 0.669. The van der Waals surface area contributed by atoms with Crippen LogP contribution in [0.2, 0.25) is 0 Å². The van der Waals surface area contributed by atoms with E-state index in [2.05, 4.69) is 239 Å². The second kappa shape index (κ2) is 14.7. The van der Waals surface area contributed by atoms with Crippen LogP contribution in [0.15, 0.2) is 229 Å². The number of hydrogen-bond donors (Lipinski definition) is 0. The maximum atomic E-state index is 6.96. The number of nitrogens with zero attached hydrogens (tertiary/aromatic N) is 3. The summed E-state index contributed by atoms with van der Waals surface area (Å²) in [5, 5.41) is 4.62. The molecule has 0 saturated heterocycles. The zero-order valence-electron chi connectivity index (χ0n) is 32.0. The highest BCUT2D eigenvalue weighted by Crippen LogP contribution is 2.49. The summed E-state index contributed by atoms with van der Waals surface area (Å²) in [6.45, 7) is 0. The van der Waals surface area contributed by atoms with Crippen molar-refractivity contribution < 1.29 is 4.42 Å². The summed E-state index contributed by atoms with van der Waals surface area (Å²) in [4.78, 5) is 7.02. The molecule has 0 saturated carbocycles. The topological polar surface area (TPSA) is 22.9 Å². The van der Waals surface area contributed by atoms with Crippen LogP contribution in [0.4, 0.5) is 51.2 Å². The summed E-state index contributed by atoms with van der Waals surface area (Å²) in [7, 11) is 0. The molecule has 0 fully saturated rings. The molecule has 0 spiro atoms. The minimum atomic E-state index is 0.802. The molecule has 0 bridgehead atoms. The van der Waals surface area contributed by atoms with Gasteiger partial charge < -0.3 is 19.1 Å². The average Bonchev–Trinajstić information content (AvgIpc) is 3.86. The highest BCUT2D eigenvalue weighted by molar-refractivity contribution is 7.25. The van der Waals surface area contributed by atoms with E-state index in [9.17, 15) is 0 Å². The fourth-order valence-electron chi connectivity index (χ4n) is 8.36. The van der Waals surface area contributed by atoms with Gasteiger partial charge in [-0.2, -0.15) is 0 Å². The van der Waals surface area contributed by atoms with Crippen molar-refractivity contribution >= 4 is 105 Å². The Labute approximate surface area is 346 Å². The summed E-state index contributed by atoms with van der Waals surface area (Å²) < 4.78 is 9.50. The van der Waals surface area contributed by atoms with E-state index in [1.165, 1.54) is 20.2 Å². The van der Waals surface area contributed by atoms with Crippen LogP contribution >= 0.6 is 11.3 Å². The van der Waals surface area contributed by atoms with Crippen molar-refractivity contribution in [2.45, 2.75) is 0 Å². The highest BCUT2D eigenvalue weighted by atomic mass is 32.1. The molecule has 2 aromatic heterocycles. The smallest absolute Gasteiger partial charge is 0.139 e. The van der Waals surface area contributed by atoms with Gasteiger partial charge in [0.15, 0.2) is 0 Å². The second-order valence-corrected chi connectivity index (χ2v) is 15.7. The lowest BCUT2D eigenvalue weighted by Gasteiger charge is -2.30. The average molecular weight is 776 g/mol. The van der Waals surface area contributed by atoms with E-state index in [-0.39, 0.29) is 0 Å². The Bertz CT molecular complexity index is 3140. The van der Waals surface area contributed by atoms with Gasteiger partial charge in [0, 0.05) is 71.4 Å². The quantitative estimate of drug-likeness (QED) is 0.146. The predicted octanol–water partition coefficient (Wildman–Crippen LogP) is 16.4. The Hall–Kier alpha value is -7.60. The first-order chi connectivity index (χ1) is 29.3. The van der Waals surface area contributed by atoms with Crippen LogP contribution in [-0.4, -0.2) is 0 Å². The summed E-state index contributed by atoms with van der Waals surface area (Å²) in [5.41, 5.74) is 11.1. The van der Waals surface area contributed by atoms with Gasteiger partial charge in [-0.15, -0.1) is 11.3 Å². The molecule has 0 aliphatic rings. The van der Waals surface area contributed by atoms with Gasteiger partial charge in [-0.1, -0.05) is 115 Å². The molecule has 4 nitrogen and oxygen atoms in total. The van der Waals surface area contributed by atoms with Crippen molar-refractivity contribution in [3.05, 3.63) is 224 Å². The summed E-state index contributed by atoms with van der Waals surface area (Å²) >= 11 is 1.83. The molecule has 11 rings (SSSR count). The lowest BCUT2D eigenvalue weighted by atomic mass is 10.0. The number of para-hydroxylation sites is 5. The highest BCUT2D eigenvalue weighted by Gasteiger charge is 2.25. The van der Waals surface area contributed by atoms with Gasteiger partial charge in [0.1, 0.15) is 11.2 Å². The molecule has 0 aliphatic heterocycles. The number of rotatable bonds is 9. The summed E-state index contributed by atoms with van der Waals surface area (Å²) in [6, 6.07) is 79.6. The van der Waals surface area contributed by atoms with E-state index >= 15 is 0 Å². The lowest BCUT2D eigenvalue weighted by Crippen LogP contribution is -2.13. The van der Waals surface area contributed by atoms with Crippen LogP contribution in [0.3, 0.4) is 0 Å². The Morgan fingerprint density at radius 3 is 1.32 bits per heavy atom. The van der Waals surface area contributed by atoms with Gasteiger partial charge in [0.2, 0.25) is 0 Å². The van der Waals surface area contributed by atoms with Gasteiger partial charge in [-0.05, 0) is 103 Å². The van der Waals surface area contributed by atoms with Crippen LogP contribution in [0, 0.1) is 0 Å². The Morgan fingerprint density at radius 1 is 0.288 bits per heavy atom. The molecule has 0 radical (unpaired) electrons. The van der Waals surface area contributed by atoms with Crippen molar-refractivity contribution in [1.29, 1.82) is 0 Å². The predicted molar refractivity (Wildman–Crippen MR) is 251 cm³/mol. The van der Waals surface area contributed by atoms with Crippen LogP contribution in [0.1, 0.15) is 0 Å². The minimum absolute atomic E-state index is 0.802. The Morgan fingerprint density at radius 2 is 0.746 bits per heavy atom. The van der Waals surface area contributed by atoms with Gasteiger partial charge in [-0.25, -0.2) is 0 Å². The van der Waals surface area contributed by atoms with Gasteiger partial charge in [-0.3, -0.25) is 0 Å². The monoisotopic (exact) mass is 775 g/mol. The van der Waals surface area contributed by atoms with E-state index in [1.54, 1.807) is 0 Å². The fraction of sp³-hybridized carbons (Fsp3) is 0. The molecule has 0 unspecified atom stereocenters. The molecule has 59 heavy (non-hydrogen) atoms. The van der Waals surface area contributed by atoms with Crippen molar-refractivity contribution in [1.82, 2.24) is 0 Å². The number of thiophene rings is 1. The van der Waals surface area contributed by atoms with E-state index in [0.717, 1.165) is 73.1 Å². The van der Waals surface area contributed by atoms with Gasteiger partial charge in [0.05, 0.1) is 16.8 Å². The molecule has 11 aromatic rings. The zero-order valence-corrected chi connectivity index (χ0v) is 32.8. The maximum Gasteiger partial charge on any atom is 0.139 e. The molecule has 2 heterocycles. The summed E-state index contributed by atoms with van der Waals surface area (Å²) in [5.74, 6) is 0. The van der Waals surface area contributed by atoms with E-state index < -0.39 is 0 Å². The number of anilines is 9. The van der Waals surface area contributed by atoms with Crippen molar-refractivity contribution in [2.24, 2.45) is 0 Å². The van der Waals surface area contributed by atoms with Gasteiger partial charge >= 0.3 is 0 Å². The molecule has 0 aliphatic carbocycles. The molecule has 280 valence electrons. The Kier molecular flexibility index (Phi) is 8.64. The first kappa shape index (κ1) is 34.6. The van der Waals surface area contributed by atoms with Crippen LogP contribution < -0.4 is 14.7 Å². The first-order valence-corrected chi connectivity index (χ1v) is 20.7. The van der Waals surface area contributed by atoms with Crippen LogP contribution in [0.25, 0.3) is 42.1 Å². The van der Waals surface area contributed by atoms with Crippen LogP contribution in [0.5, 0.6) is 0 Å². The Balaban J connectivity index is 1.19. The first-order valence-electron chi connectivity index (χ1n) is 19.8. The minimum Gasteiger partial charge on any atom is -0.456 e. The van der Waals surface area contributed by atoms with E-state index in [4.69, 9.17) is 4.42 Å². The van der Waals surface area contributed by atoms with Crippen molar-refractivity contribution in [3.8, 4) is 0 Å². The fourth-order valence-corrected chi connectivity index (χ4v) is 9.50. The second-order valence-electron chi connectivity index (χ2n) is 14.6. The van der Waals surface area contributed by atoms with Crippen molar-refractivity contribution in [2.75, 3.05) is 14.7 Å². The number of furan rings is 1. The molecular weight excluding hydrogens is 739 g/mol. The van der Waals surface area contributed by atoms with Crippen molar-refractivity contribution in [3.63, 3.8) is 0 Å². The van der Waals surface area contributed by atoms with Gasteiger partial charge in [0.25, 0.3) is 0 Å². The third-order valence-electron chi connectivity index (χ3n) is 11.0. The molecule has 0 amide bonds. The van der Waals surface area contributed by atoms with E-state index in [1.807, 2.05) is 11.3 Å². The van der Waals surface area contributed by atoms with E-state index in [0.29, 0.717) is 0 Å². The third-order valence-corrected chi connectivity index (χ3v) is 12.1. The normalized spacial score (nSPS) is 11.4.